The largest absolute Gasteiger partial charge is 0.496 e. The number of methoxy groups -OCH3 is 2. The number of halogens is 2. The Kier molecular flexibility index (Phi) is 5.58. The lowest BCUT2D eigenvalue weighted by molar-refractivity contribution is 0.395. The molecule has 0 radical (unpaired) electrons. The summed E-state index contributed by atoms with van der Waals surface area (Å²) in [5.74, 6) is 2.21. The molecule has 0 bridgehead atoms. The molecule has 4 rings (SSSR count). The number of nitrogens with zero attached hydrogens (tertiary/aromatic N) is 4. The molecule has 138 valence electrons. The van der Waals surface area contributed by atoms with Gasteiger partial charge in [0.25, 0.3) is 0 Å². The van der Waals surface area contributed by atoms with Gasteiger partial charge in [-0.15, -0.1) is 17.0 Å². The number of imidazole rings is 1. The van der Waals surface area contributed by atoms with Gasteiger partial charge in [0.15, 0.2) is 0 Å². The van der Waals surface area contributed by atoms with Crippen molar-refractivity contribution < 1.29 is 9.47 Å². The molecule has 1 saturated heterocycles. The molecule has 6 nitrogen and oxygen atoms in total. The van der Waals surface area contributed by atoms with E-state index in [9.17, 15) is 0 Å². The predicted molar refractivity (Wildman–Crippen MR) is 108 cm³/mol. The second-order valence-electron chi connectivity index (χ2n) is 6.02. The number of hydrogen-bond donors (Lipinski definition) is 0. The van der Waals surface area contributed by atoms with Gasteiger partial charge in [0.2, 0.25) is 0 Å². The summed E-state index contributed by atoms with van der Waals surface area (Å²) < 4.78 is 12.7. The van der Waals surface area contributed by atoms with Gasteiger partial charge in [-0.1, -0.05) is 11.6 Å². The van der Waals surface area contributed by atoms with Crippen molar-refractivity contribution >= 4 is 40.0 Å². The second kappa shape index (κ2) is 7.72. The standard InChI is InChI=1S/C18H19ClN4O2.BrH/c1-24-15-8-16(25-2)13(19)7-12(15)14-10-23-11-20-17(9-18(23)21-14)22-5-3-4-6-22;/h7-11H,3-6H2,1-2H3;1H. The van der Waals surface area contributed by atoms with Gasteiger partial charge in [-0.05, 0) is 18.9 Å². The minimum absolute atomic E-state index is 0. The fourth-order valence-electron chi connectivity index (χ4n) is 3.19. The molecule has 8 heteroatoms. The topological polar surface area (TPSA) is 51.9 Å². The SMILES string of the molecule is Br.COc1cc(OC)c(-c2cn3cnc(N4CCCC4)cc3n2)cc1Cl. The number of hydrogen-bond acceptors (Lipinski definition) is 5. The number of benzene rings is 1. The molecule has 1 aliphatic heterocycles. The summed E-state index contributed by atoms with van der Waals surface area (Å²) in [5, 5.41) is 0.520. The summed E-state index contributed by atoms with van der Waals surface area (Å²) >= 11 is 6.28. The molecule has 1 fully saturated rings. The summed E-state index contributed by atoms with van der Waals surface area (Å²) in [6.07, 6.45) is 6.16. The first-order valence-corrected chi connectivity index (χ1v) is 8.59. The van der Waals surface area contributed by atoms with Crippen LogP contribution in [-0.4, -0.2) is 41.7 Å². The molecule has 0 unspecified atom stereocenters. The summed E-state index contributed by atoms with van der Waals surface area (Å²) in [4.78, 5) is 11.6. The van der Waals surface area contributed by atoms with E-state index in [0.29, 0.717) is 16.5 Å². The number of aromatic nitrogens is 3. The van der Waals surface area contributed by atoms with E-state index in [-0.39, 0.29) is 17.0 Å². The van der Waals surface area contributed by atoms with Crippen molar-refractivity contribution in [2.45, 2.75) is 12.8 Å². The highest BCUT2D eigenvalue weighted by Gasteiger charge is 2.17. The van der Waals surface area contributed by atoms with Crippen molar-refractivity contribution in [1.82, 2.24) is 14.4 Å². The summed E-state index contributed by atoms with van der Waals surface area (Å²) in [5.41, 5.74) is 2.45. The van der Waals surface area contributed by atoms with Gasteiger partial charge >= 0.3 is 0 Å². The third kappa shape index (κ3) is 3.33. The Labute approximate surface area is 167 Å². The lowest BCUT2D eigenvalue weighted by atomic mass is 10.1. The fraction of sp³-hybridized carbons (Fsp3) is 0.333. The number of rotatable bonds is 4. The van der Waals surface area contributed by atoms with Crippen molar-refractivity contribution in [3.05, 3.63) is 35.7 Å². The molecule has 1 aliphatic rings. The zero-order valence-corrected chi connectivity index (χ0v) is 17.1. The van der Waals surface area contributed by atoms with Crippen LogP contribution in [0.1, 0.15) is 12.8 Å². The van der Waals surface area contributed by atoms with Crippen LogP contribution in [0.5, 0.6) is 11.5 Å². The van der Waals surface area contributed by atoms with Crippen molar-refractivity contribution in [3.8, 4) is 22.8 Å². The molecule has 3 heterocycles. The maximum atomic E-state index is 6.28. The van der Waals surface area contributed by atoms with Crippen LogP contribution in [0.3, 0.4) is 0 Å². The van der Waals surface area contributed by atoms with Crippen LogP contribution in [0.4, 0.5) is 5.82 Å². The average molecular weight is 440 g/mol. The summed E-state index contributed by atoms with van der Waals surface area (Å²) in [6, 6.07) is 5.61. The maximum Gasteiger partial charge on any atom is 0.142 e. The molecule has 0 amide bonds. The highest BCUT2D eigenvalue weighted by molar-refractivity contribution is 8.93. The minimum atomic E-state index is 0. The van der Waals surface area contributed by atoms with E-state index in [1.165, 1.54) is 12.8 Å². The molecule has 1 aromatic carbocycles. The molecule has 26 heavy (non-hydrogen) atoms. The third-order valence-electron chi connectivity index (χ3n) is 4.51. The first-order chi connectivity index (χ1) is 12.2. The Balaban J connectivity index is 0.00000196. The average Bonchev–Trinajstić information content (AvgIpc) is 3.30. The molecular formula is C18H20BrClN4O2. The maximum absolute atomic E-state index is 6.28. The van der Waals surface area contributed by atoms with Crippen LogP contribution in [0.2, 0.25) is 5.02 Å². The van der Waals surface area contributed by atoms with E-state index in [2.05, 4.69) is 9.88 Å². The van der Waals surface area contributed by atoms with Gasteiger partial charge in [-0.25, -0.2) is 9.97 Å². The highest BCUT2D eigenvalue weighted by atomic mass is 79.9. The zero-order valence-electron chi connectivity index (χ0n) is 14.6. The van der Waals surface area contributed by atoms with E-state index in [1.807, 2.05) is 22.7 Å². The van der Waals surface area contributed by atoms with Gasteiger partial charge in [0, 0.05) is 37.0 Å². The zero-order chi connectivity index (χ0) is 17.4. The molecule has 3 aromatic rings. The Morgan fingerprint density at radius 2 is 1.77 bits per heavy atom. The van der Waals surface area contributed by atoms with Gasteiger partial charge in [0.05, 0.1) is 24.9 Å². The van der Waals surface area contributed by atoms with Crippen molar-refractivity contribution in [1.29, 1.82) is 0 Å². The van der Waals surface area contributed by atoms with Crippen LogP contribution in [0, 0.1) is 0 Å². The monoisotopic (exact) mass is 438 g/mol. The first-order valence-electron chi connectivity index (χ1n) is 8.21. The quantitative estimate of drug-likeness (QED) is 0.608. The molecular weight excluding hydrogens is 420 g/mol. The van der Waals surface area contributed by atoms with Crippen molar-refractivity contribution in [2.75, 3.05) is 32.2 Å². The lowest BCUT2D eigenvalue weighted by Gasteiger charge is -2.15. The summed E-state index contributed by atoms with van der Waals surface area (Å²) in [6.45, 7) is 2.11. The molecule has 0 N–H and O–H groups in total. The van der Waals surface area contributed by atoms with E-state index in [1.54, 1.807) is 26.6 Å². The molecule has 2 aromatic heterocycles. The fourth-order valence-corrected chi connectivity index (χ4v) is 3.43. The van der Waals surface area contributed by atoms with Gasteiger partial charge in [-0.2, -0.15) is 0 Å². The number of fused-ring (bicyclic) bond motifs is 1. The van der Waals surface area contributed by atoms with E-state index < -0.39 is 0 Å². The highest BCUT2D eigenvalue weighted by Crippen LogP contribution is 2.38. The van der Waals surface area contributed by atoms with E-state index >= 15 is 0 Å². The van der Waals surface area contributed by atoms with E-state index in [4.69, 9.17) is 26.1 Å². The molecule has 0 saturated carbocycles. The Morgan fingerprint density at radius 1 is 1.04 bits per heavy atom. The normalized spacial score (nSPS) is 13.7. The number of ether oxygens (including phenoxy) is 2. The van der Waals surface area contributed by atoms with Crippen molar-refractivity contribution in [2.24, 2.45) is 0 Å². The number of anilines is 1. The Morgan fingerprint density at radius 3 is 2.46 bits per heavy atom. The minimum Gasteiger partial charge on any atom is -0.496 e. The summed E-state index contributed by atoms with van der Waals surface area (Å²) in [7, 11) is 3.20. The van der Waals surface area contributed by atoms with Gasteiger partial charge in [0.1, 0.15) is 29.3 Å². The van der Waals surface area contributed by atoms with Crippen LogP contribution >= 0.6 is 28.6 Å². The van der Waals surface area contributed by atoms with Crippen LogP contribution in [0.15, 0.2) is 30.7 Å². The Bertz CT molecular complexity index is 925. The Hall–Kier alpha value is -1.99. The third-order valence-corrected chi connectivity index (χ3v) is 4.81. The van der Waals surface area contributed by atoms with E-state index in [0.717, 1.165) is 35.8 Å². The second-order valence-corrected chi connectivity index (χ2v) is 6.43. The molecule has 0 atom stereocenters. The lowest BCUT2D eigenvalue weighted by Crippen LogP contribution is -2.19. The molecule has 0 spiro atoms. The van der Waals surface area contributed by atoms with Gasteiger partial charge in [-0.3, -0.25) is 4.40 Å². The smallest absolute Gasteiger partial charge is 0.142 e. The van der Waals surface area contributed by atoms with Crippen LogP contribution < -0.4 is 14.4 Å². The molecule has 0 aliphatic carbocycles. The van der Waals surface area contributed by atoms with Crippen molar-refractivity contribution in [3.63, 3.8) is 0 Å². The van der Waals surface area contributed by atoms with Crippen LogP contribution in [0.25, 0.3) is 16.9 Å². The van der Waals surface area contributed by atoms with Gasteiger partial charge < -0.3 is 14.4 Å². The van der Waals surface area contributed by atoms with Crippen LogP contribution in [-0.2, 0) is 0 Å². The first kappa shape index (κ1) is 18.8. The predicted octanol–water partition coefficient (Wildman–Crippen LogP) is 4.25.